The summed E-state index contributed by atoms with van der Waals surface area (Å²) in [6, 6.07) is 3.88. The Balaban J connectivity index is 2.47. The fourth-order valence-corrected chi connectivity index (χ4v) is 1.80. The van der Waals surface area contributed by atoms with Crippen LogP contribution >= 0.6 is 0 Å². The Hall–Kier alpha value is -1.38. The summed E-state index contributed by atoms with van der Waals surface area (Å²) in [5.41, 5.74) is 1.16. The molecule has 0 aliphatic heterocycles. The summed E-state index contributed by atoms with van der Waals surface area (Å²) in [6.07, 6.45) is 5.76. The summed E-state index contributed by atoms with van der Waals surface area (Å²) in [7, 11) is 0. The molecule has 0 aliphatic rings. The first-order chi connectivity index (χ1) is 7.59. The van der Waals surface area contributed by atoms with Gasteiger partial charge in [-0.3, -0.25) is 9.78 Å². The number of carbonyl (C=O) groups is 1. The Morgan fingerprint density at radius 2 is 2.00 bits per heavy atom. The lowest BCUT2D eigenvalue weighted by Gasteiger charge is -2.14. The van der Waals surface area contributed by atoms with Gasteiger partial charge in [0.2, 0.25) is 0 Å². The molecular formula is C13H19NO2. The van der Waals surface area contributed by atoms with E-state index in [9.17, 15) is 4.79 Å². The lowest BCUT2D eigenvalue weighted by atomic mass is 9.91. The molecule has 0 amide bonds. The SMILES string of the molecule is CC(C)CC(CCc1ccncc1)C(=O)O. The molecule has 1 heterocycles. The predicted molar refractivity (Wildman–Crippen MR) is 63.1 cm³/mol. The van der Waals surface area contributed by atoms with Crippen molar-refractivity contribution in [2.75, 3.05) is 0 Å². The standard InChI is InChI=1S/C13H19NO2/c1-10(2)9-12(13(15)16)4-3-11-5-7-14-8-6-11/h5-8,10,12H,3-4,9H2,1-2H3,(H,15,16). The third kappa shape index (κ3) is 4.43. The maximum absolute atomic E-state index is 11.0. The molecule has 0 aliphatic carbocycles. The number of pyridine rings is 1. The van der Waals surface area contributed by atoms with Gasteiger partial charge < -0.3 is 5.11 Å². The summed E-state index contributed by atoms with van der Waals surface area (Å²) < 4.78 is 0. The summed E-state index contributed by atoms with van der Waals surface area (Å²) in [5.74, 6) is -0.477. The van der Waals surface area contributed by atoms with E-state index >= 15 is 0 Å². The van der Waals surface area contributed by atoms with Gasteiger partial charge in [0, 0.05) is 12.4 Å². The minimum atomic E-state index is -0.678. The van der Waals surface area contributed by atoms with Gasteiger partial charge in [-0.05, 0) is 42.9 Å². The Morgan fingerprint density at radius 3 is 2.50 bits per heavy atom. The third-order valence-electron chi connectivity index (χ3n) is 2.64. The van der Waals surface area contributed by atoms with Gasteiger partial charge in [0.1, 0.15) is 0 Å². The molecule has 0 fully saturated rings. The maximum Gasteiger partial charge on any atom is 0.306 e. The molecule has 16 heavy (non-hydrogen) atoms. The molecule has 88 valence electrons. The van der Waals surface area contributed by atoms with Crippen LogP contribution in [0.1, 0.15) is 32.3 Å². The third-order valence-corrected chi connectivity index (χ3v) is 2.64. The largest absolute Gasteiger partial charge is 0.481 e. The first-order valence-corrected chi connectivity index (χ1v) is 5.71. The molecule has 3 heteroatoms. The summed E-state index contributed by atoms with van der Waals surface area (Å²) >= 11 is 0. The molecule has 0 saturated heterocycles. The highest BCUT2D eigenvalue weighted by Crippen LogP contribution is 2.18. The van der Waals surface area contributed by atoms with Crippen LogP contribution < -0.4 is 0 Å². The van der Waals surface area contributed by atoms with Gasteiger partial charge in [0.25, 0.3) is 0 Å². The Bertz CT molecular complexity index is 322. The van der Waals surface area contributed by atoms with Gasteiger partial charge in [0.15, 0.2) is 0 Å². The van der Waals surface area contributed by atoms with E-state index in [4.69, 9.17) is 5.11 Å². The van der Waals surface area contributed by atoms with Crippen LogP contribution in [0.5, 0.6) is 0 Å². The van der Waals surface area contributed by atoms with Crippen molar-refractivity contribution in [1.29, 1.82) is 0 Å². The zero-order chi connectivity index (χ0) is 12.0. The molecule has 1 atom stereocenters. The van der Waals surface area contributed by atoms with Gasteiger partial charge in [0.05, 0.1) is 5.92 Å². The topological polar surface area (TPSA) is 50.2 Å². The Morgan fingerprint density at radius 1 is 1.38 bits per heavy atom. The summed E-state index contributed by atoms with van der Waals surface area (Å²) in [5, 5.41) is 9.09. The molecule has 1 aromatic rings. The van der Waals surface area contributed by atoms with Gasteiger partial charge in [-0.1, -0.05) is 13.8 Å². The fraction of sp³-hybridized carbons (Fsp3) is 0.538. The second-order valence-electron chi connectivity index (χ2n) is 4.56. The molecular weight excluding hydrogens is 202 g/mol. The summed E-state index contributed by atoms with van der Waals surface area (Å²) in [4.78, 5) is 15.0. The molecule has 0 saturated carbocycles. The minimum Gasteiger partial charge on any atom is -0.481 e. The fourth-order valence-electron chi connectivity index (χ4n) is 1.80. The number of hydrogen-bond donors (Lipinski definition) is 1. The number of rotatable bonds is 6. The smallest absolute Gasteiger partial charge is 0.306 e. The van der Waals surface area contributed by atoms with Crippen molar-refractivity contribution in [2.24, 2.45) is 11.8 Å². The van der Waals surface area contributed by atoms with E-state index in [1.54, 1.807) is 12.4 Å². The predicted octanol–water partition coefficient (Wildman–Crippen LogP) is 2.76. The van der Waals surface area contributed by atoms with Crippen molar-refractivity contribution in [3.8, 4) is 0 Å². The van der Waals surface area contributed by atoms with Crippen molar-refractivity contribution < 1.29 is 9.90 Å². The summed E-state index contributed by atoms with van der Waals surface area (Å²) in [6.45, 7) is 4.12. The second kappa shape index (κ2) is 6.26. The van der Waals surface area contributed by atoms with Gasteiger partial charge >= 0.3 is 5.97 Å². The number of aryl methyl sites for hydroxylation is 1. The molecule has 0 spiro atoms. The number of aromatic nitrogens is 1. The first-order valence-electron chi connectivity index (χ1n) is 5.71. The first kappa shape index (κ1) is 12.7. The van der Waals surface area contributed by atoms with E-state index in [1.807, 2.05) is 12.1 Å². The van der Waals surface area contributed by atoms with Gasteiger partial charge in [-0.2, -0.15) is 0 Å². The number of carboxylic acids is 1. The van der Waals surface area contributed by atoms with Crippen LogP contribution in [0.25, 0.3) is 0 Å². The molecule has 1 unspecified atom stereocenters. The highest BCUT2D eigenvalue weighted by atomic mass is 16.4. The number of carboxylic acid groups (broad SMARTS) is 1. The van der Waals surface area contributed by atoms with E-state index in [2.05, 4.69) is 18.8 Å². The highest BCUT2D eigenvalue weighted by Gasteiger charge is 2.18. The van der Waals surface area contributed by atoms with Crippen molar-refractivity contribution in [2.45, 2.75) is 33.1 Å². The highest BCUT2D eigenvalue weighted by molar-refractivity contribution is 5.69. The van der Waals surface area contributed by atoms with E-state index in [0.717, 1.165) is 18.4 Å². The number of nitrogens with zero attached hydrogens (tertiary/aromatic N) is 1. The van der Waals surface area contributed by atoms with E-state index in [0.29, 0.717) is 12.3 Å². The van der Waals surface area contributed by atoms with E-state index < -0.39 is 5.97 Å². The lowest BCUT2D eigenvalue weighted by molar-refractivity contribution is -0.142. The van der Waals surface area contributed by atoms with Crippen LogP contribution in [0, 0.1) is 11.8 Å². The Labute approximate surface area is 96.5 Å². The van der Waals surface area contributed by atoms with Crippen LogP contribution in [-0.4, -0.2) is 16.1 Å². The second-order valence-corrected chi connectivity index (χ2v) is 4.56. The molecule has 0 aromatic carbocycles. The van der Waals surface area contributed by atoms with Crippen molar-refractivity contribution in [1.82, 2.24) is 4.98 Å². The van der Waals surface area contributed by atoms with Crippen LogP contribution in [0.15, 0.2) is 24.5 Å². The van der Waals surface area contributed by atoms with Crippen LogP contribution in [0.3, 0.4) is 0 Å². The van der Waals surface area contributed by atoms with E-state index in [1.165, 1.54) is 0 Å². The molecule has 1 N–H and O–H groups in total. The average Bonchev–Trinajstić information content (AvgIpc) is 2.25. The lowest BCUT2D eigenvalue weighted by Crippen LogP contribution is -2.16. The molecule has 1 rings (SSSR count). The van der Waals surface area contributed by atoms with E-state index in [-0.39, 0.29) is 5.92 Å². The zero-order valence-electron chi connectivity index (χ0n) is 9.89. The monoisotopic (exact) mass is 221 g/mol. The van der Waals surface area contributed by atoms with Crippen LogP contribution in [-0.2, 0) is 11.2 Å². The van der Waals surface area contributed by atoms with Crippen molar-refractivity contribution >= 4 is 5.97 Å². The van der Waals surface area contributed by atoms with Gasteiger partial charge in [-0.15, -0.1) is 0 Å². The Kier molecular flexibility index (Phi) is 4.96. The van der Waals surface area contributed by atoms with Crippen LogP contribution in [0.4, 0.5) is 0 Å². The normalized spacial score (nSPS) is 12.7. The zero-order valence-corrected chi connectivity index (χ0v) is 9.89. The van der Waals surface area contributed by atoms with Crippen molar-refractivity contribution in [3.63, 3.8) is 0 Å². The van der Waals surface area contributed by atoms with Crippen molar-refractivity contribution in [3.05, 3.63) is 30.1 Å². The quantitative estimate of drug-likeness (QED) is 0.803. The van der Waals surface area contributed by atoms with Crippen LogP contribution in [0.2, 0.25) is 0 Å². The molecule has 0 radical (unpaired) electrons. The number of aliphatic carboxylic acids is 1. The number of hydrogen-bond acceptors (Lipinski definition) is 2. The molecule has 1 aromatic heterocycles. The van der Waals surface area contributed by atoms with Gasteiger partial charge in [-0.25, -0.2) is 0 Å². The molecule has 0 bridgehead atoms. The minimum absolute atomic E-state index is 0.229. The molecule has 3 nitrogen and oxygen atoms in total. The average molecular weight is 221 g/mol. The maximum atomic E-state index is 11.0.